The van der Waals surface area contributed by atoms with E-state index in [1.807, 2.05) is 12.1 Å². The van der Waals surface area contributed by atoms with Crippen LogP contribution in [-0.4, -0.2) is 5.78 Å². The minimum absolute atomic E-state index is 0.376. The van der Waals surface area contributed by atoms with Crippen LogP contribution in [-0.2, 0) is 28.8 Å². The second-order valence-electron chi connectivity index (χ2n) is 14.7. The number of ether oxygens (including phenoxy) is 2. The molecule has 3 heteroatoms. The molecule has 8 rings (SSSR count). The zero-order valence-electron chi connectivity index (χ0n) is 27.3. The molecule has 0 spiro atoms. The van der Waals surface area contributed by atoms with Crippen molar-refractivity contribution in [2.45, 2.75) is 101 Å². The Kier molecular flexibility index (Phi) is 7.54. The largest absolute Gasteiger partial charge is 0.488 e. The first-order valence-corrected chi connectivity index (χ1v) is 17.7. The van der Waals surface area contributed by atoms with Gasteiger partial charge in [-0.25, -0.2) is 0 Å². The topological polar surface area (TPSA) is 35.5 Å². The monoisotopic (exact) mass is 610 g/mol. The third-order valence-corrected chi connectivity index (χ3v) is 11.6. The Hall–Kier alpha value is -3.85. The van der Waals surface area contributed by atoms with Gasteiger partial charge in [0.05, 0.1) is 10.8 Å². The number of hydrogen-bond acceptors (Lipinski definition) is 3. The standard InChI is InChI=1S/C43H46O3/c1-29(33-19-20-33)35-15-9-17-37(39(35)45-27-31-11-5-3-6-12-31)42(23-24-42)41(44)43(25-26-43)38-18-10-16-36(30(2)34-21-22-34)40(38)46-28-32-13-7-4-8-14-32/h3-18,29-30,33-34H,19-28H2,1-2H3. The molecule has 2 unspecified atom stereocenters. The summed E-state index contributed by atoms with van der Waals surface area (Å²) in [5.74, 6) is 4.55. The molecule has 0 bridgehead atoms. The molecule has 0 amide bonds. The van der Waals surface area contributed by atoms with Crippen LogP contribution in [0.15, 0.2) is 97.1 Å². The molecule has 46 heavy (non-hydrogen) atoms. The first-order chi connectivity index (χ1) is 22.5. The highest BCUT2D eigenvalue weighted by atomic mass is 16.5. The maximum Gasteiger partial charge on any atom is 0.154 e. The highest BCUT2D eigenvalue weighted by Gasteiger charge is 2.65. The number of carbonyl (C=O) groups excluding carboxylic acids is 1. The van der Waals surface area contributed by atoms with Crippen LogP contribution >= 0.6 is 0 Å². The minimum Gasteiger partial charge on any atom is -0.488 e. The van der Waals surface area contributed by atoms with E-state index in [2.05, 4.69) is 98.8 Å². The first kappa shape index (κ1) is 29.5. The summed E-state index contributed by atoms with van der Waals surface area (Å²) < 4.78 is 13.6. The fourth-order valence-corrected chi connectivity index (χ4v) is 8.01. The van der Waals surface area contributed by atoms with Crippen molar-refractivity contribution in [3.8, 4) is 11.5 Å². The highest BCUT2D eigenvalue weighted by Crippen LogP contribution is 2.64. The number of para-hydroxylation sites is 2. The Labute approximate surface area is 274 Å². The first-order valence-electron chi connectivity index (χ1n) is 17.7. The quantitative estimate of drug-likeness (QED) is 0.143. The van der Waals surface area contributed by atoms with Gasteiger partial charge in [0.25, 0.3) is 0 Å². The fraction of sp³-hybridized carbons (Fsp3) is 0.419. The second-order valence-corrected chi connectivity index (χ2v) is 14.7. The van der Waals surface area contributed by atoms with Gasteiger partial charge in [-0.3, -0.25) is 4.79 Å². The summed E-state index contributed by atoms with van der Waals surface area (Å²) in [6.45, 7) is 5.71. The number of benzene rings is 4. The van der Waals surface area contributed by atoms with E-state index in [0.717, 1.165) is 59.4 Å². The summed E-state index contributed by atoms with van der Waals surface area (Å²) in [4.78, 5) is 15.2. The molecule has 0 saturated heterocycles. The van der Waals surface area contributed by atoms with Crippen molar-refractivity contribution in [3.63, 3.8) is 0 Å². The second kappa shape index (κ2) is 11.7. The van der Waals surface area contributed by atoms with Gasteiger partial charge in [-0.05, 0) is 97.3 Å². The van der Waals surface area contributed by atoms with Crippen LogP contribution in [0.5, 0.6) is 11.5 Å². The van der Waals surface area contributed by atoms with Gasteiger partial charge in [-0.2, -0.15) is 0 Å². The van der Waals surface area contributed by atoms with Crippen LogP contribution < -0.4 is 9.47 Å². The predicted octanol–water partition coefficient (Wildman–Crippen LogP) is 10.2. The number of Topliss-reactive ketones (excluding diaryl/α,β-unsaturated/α-hetero) is 1. The van der Waals surface area contributed by atoms with E-state index in [0.29, 0.717) is 42.7 Å². The number of carbonyl (C=O) groups is 1. The maximum atomic E-state index is 15.2. The van der Waals surface area contributed by atoms with Gasteiger partial charge < -0.3 is 9.47 Å². The van der Waals surface area contributed by atoms with E-state index in [1.54, 1.807) is 0 Å². The smallest absolute Gasteiger partial charge is 0.154 e. The summed E-state index contributed by atoms with van der Waals surface area (Å²) in [5, 5.41) is 0. The van der Waals surface area contributed by atoms with E-state index < -0.39 is 10.8 Å². The molecule has 0 radical (unpaired) electrons. The summed E-state index contributed by atoms with van der Waals surface area (Å²) in [7, 11) is 0. The van der Waals surface area contributed by atoms with Crippen molar-refractivity contribution < 1.29 is 14.3 Å². The predicted molar refractivity (Wildman–Crippen MR) is 184 cm³/mol. The van der Waals surface area contributed by atoms with Crippen molar-refractivity contribution in [1.82, 2.24) is 0 Å². The zero-order valence-corrected chi connectivity index (χ0v) is 27.3. The van der Waals surface area contributed by atoms with Crippen molar-refractivity contribution in [2.75, 3.05) is 0 Å². The van der Waals surface area contributed by atoms with Crippen LogP contribution in [0.2, 0.25) is 0 Å². The number of ketones is 1. The molecule has 3 nitrogen and oxygen atoms in total. The van der Waals surface area contributed by atoms with Gasteiger partial charge in [0, 0.05) is 11.1 Å². The SMILES string of the molecule is CC(c1cccc(C2(C(=O)C3(c4cccc(C(C)C5CC5)c4OCc4ccccc4)CC3)CC2)c1OCc1ccccc1)C1CC1. The van der Waals surface area contributed by atoms with Gasteiger partial charge in [-0.15, -0.1) is 0 Å². The third kappa shape index (κ3) is 5.46. The van der Waals surface area contributed by atoms with Gasteiger partial charge in [0.1, 0.15) is 24.7 Å². The van der Waals surface area contributed by atoms with Crippen molar-refractivity contribution in [2.24, 2.45) is 11.8 Å². The summed E-state index contributed by atoms with van der Waals surface area (Å²) >= 11 is 0. The van der Waals surface area contributed by atoms with Crippen LogP contribution in [0.3, 0.4) is 0 Å². The van der Waals surface area contributed by atoms with Gasteiger partial charge in [0.15, 0.2) is 5.78 Å². The molecular weight excluding hydrogens is 564 g/mol. The van der Waals surface area contributed by atoms with Crippen LogP contribution in [0.1, 0.15) is 110 Å². The Morgan fingerprint density at radius 3 is 1.33 bits per heavy atom. The molecule has 0 heterocycles. The number of rotatable bonds is 14. The molecule has 0 aliphatic heterocycles. The summed E-state index contributed by atoms with van der Waals surface area (Å²) in [6.07, 6.45) is 8.64. The average Bonchev–Trinajstić information content (AvgIpc) is 3.91. The molecular formula is C43H46O3. The molecule has 4 aliphatic carbocycles. The van der Waals surface area contributed by atoms with Crippen molar-refractivity contribution in [3.05, 3.63) is 130 Å². The van der Waals surface area contributed by atoms with Crippen LogP contribution in [0, 0.1) is 11.8 Å². The lowest BCUT2D eigenvalue weighted by atomic mass is 9.76. The van der Waals surface area contributed by atoms with E-state index >= 15 is 4.79 Å². The van der Waals surface area contributed by atoms with E-state index in [9.17, 15) is 0 Å². The molecule has 4 saturated carbocycles. The lowest BCUT2D eigenvalue weighted by Crippen LogP contribution is -2.33. The van der Waals surface area contributed by atoms with Gasteiger partial charge in [0.2, 0.25) is 0 Å². The van der Waals surface area contributed by atoms with E-state index in [1.165, 1.54) is 36.8 Å². The molecule has 236 valence electrons. The fourth-order valence-electron chi connectivity index (χ4n) is 8.01. The third-order valence-electron chi connectivity index (χ3n) is 11.6. The van der Waals surface area contributed by atoms with Gasteiger partial charge >= 0.3 is 0 Å². The van der Waals surface area contributed by atoms with Crippen LogP contribution in [0.25, 0.3) is 0 Å². The average molecular weight is 611 g/mol. The summed E-state index contributed by atoms with van der Waals surface area (Å²) in [5.41, 5.74) is 6.06. The molecule has 0 N–H and O–H groups in total. The zero-order chi connectivity index (χ0) is 31.3. The lowest BCUT2D eigenvalue weighted by Gasteiger charge is -2.29. The van der Waals surface area contributed by atoms with Crippen molar-refractivity contribution >= 4 is 5.78 Å². The molecule has 4 aliphatic rings. The van der Waals surface area contributed by atoms with Crippen LogP contribution in [0.4, 0.5) is 0 Å². The Morgan fingerprint density at radius 2 is 0.978 bits per heavy atom. The normalized spacial score (nSPS) is 20.4. The Morgan fingerprint density at radius 1 is 0.587 bits per heavy atom. The number of hydrogen-bond donors (Lipinski definition) is 0. The molecule has 2 atom stereocenters. The maximum absolute atomic E-state index is 15.2. The van der Waals surface area contributed by atoms with E-state index in [-0.39, 0.29) is 0 Å². The van der Waals surface area contributed by atoms with Gasteiger partial charge in [-0.1, -0.05) is 111 Å². The Bertz CT molecular complexity index is 1580. The highest BCUT2D eigenvalue weighted by molar-refractivity contribution is 6.04. The molecule has 0 aromatic heterocycles. The lowest BCUT2D eigenvalue weighted by molar-refractivity contribution is -0.124. The van der Waals surface area contributed by atoms with E-state index in [4.69, 9.17) is 9.47 Å². The molecule has 4 aromatic carbocycles. The summed E-state index contributed by atoms with van der Waals surface area (Å²) in [6, 6.07) is 34.1. The Balaban J connectivity index is 1.17. The molecule has 4 aromatic rings. The van der Waals surface area contributed by atoms with Crippen molar-refractivity contribution in [1.29, 1.82) is 0 Å². The molecule has 4 fully saturated rings. The minimum atomic E-state index is -0.503.